The second kappa shape index (κ2) is 9.13. The van der Waals surface area contributed by atoms with E-state index < -0.39 is 23.2 Å². The highest BCUT2D eigenvalue weighted by Crippen LogP contribution is 2.40. The van der Waals surface area contributed by atoms with Crippen LogP contribution in [0.5, 0.6) is 0 Å². The molecule has 0 spiro atoms. The Balaban J connectivity index is 1.48. The fourth-order valence-corrected chi connectivity index (χ4v) is 4.51. The Labute approximate surface area is 205 Å². The Kier molecular flexibility index (Phi) is 6.36. The lowest BCUT2D eigenvalue weighted by Gasteiger charge is -2.38. The molecule has 0 N–H and O–H groups in total. The van der Waals surface area contributed by atoms with Gasteiger partial charge in [-0.25, -0.2) is 4.79 Å². The van der Waals surface area contributed by atoms with Crippen LogP contribution in [0.15, 0.2) is 66.7 Å². The summed E-state index contributed by atoms with van der Waals surface area (Å²) in [6.45, 7) is 7.75. The van der Waals surface area contributed by atoms with Crippen LogP contribution >= 0.6 is 0 Å². The summed E-state index contributed by atoms with van der Waals surface area (Å²) in [6.07, 6.45) is 3.62. The molecular formula is C28H30N2O5. The number of amides is 3. The van der Waals surface area contributed by atoms with Gasteiger partial charge >= 0.3 is 5.97 Å². The summed E-state index contributed by atoms with van der Waals surface area (Å²) in [4.78, 5) is 54.4. The van der Waals surface area contributed by atoms with Gasteiger partial charge in [0.15, 0.2) is 6.23 Å². The zero-order valence-electron chi connectivity index (χ0n) is 20.5. The summed E-state index contributed by atoms with van der Waals surface area (Å²) in [7, 11) is 0. The molecule has 0 radical (unpaired) electrons. The highest BCUT2D eigenvalue weighted by Gasteiger charge is 2.57. The van der Waals surface area contributed by atoms with Crippen molar-refractivity contribution in [2.24, 2.45) is 5.41 Å². The first-order chi connectivity index (χ1) is 16.6. The van der Waals surface area contributed by atoms with Crippen molar-refractivity contribution in [3.63, 3.8) is 0 Å². The molecule has 7 nitrogen and oxygen atoms in total. The summed E-state index contributed by atoms with van der Waals surface area (Å²) in [6, 6.07) is 15.6. The van der Waals surface area contributed by atoms with Crippen LogP contribution in [-0.4, -0.2) is 51.8 Å². The van der Waals surface area contributed by atoms with Crippen LogP contribution < -0.4 is 0 Å². The molecule has 1 fully saturated rings. The van der Waals surface area contributed by atoms with Crippen molar-refractivity contribution >= 4 is 23.7 Å². The van der Waals surface area contributed by atoms with Crippen molar-refractivity contribution in [2.75, 3.05) is 6.54 Å². The molecular weight excluding hydrogens is 444 g/mol. The molecule has 0 aliphatic carbocycles. The number of fused-ring (bicyclic) bond motifs is 1. The van der Waals surface area contributed by atoms with Gasteiger partial charge in [-0.2, -0.15) is 0 Å². The van der Waals surface area contributed by atoms with Gasteiger partial charge in [0.2, 0.25) is 0 Å². The van der Waals surface area contributed by atoms with Gasteiger partial charge in [-0.3, -0.25) is 24.2 Å². The van der Waals surface area contributed by atoms with Crippen LogP contribution in [0.25, 0.3) is 0 Å². The normalized spacial score (nSPS) is 22.2. The predicted octanol–water partition coefficient (Wildman–Crippen LogP) is 4.45. The minimum Gasteiger partial charge on any atom is -0.439 e. The third kappa shape index (κ3) is 4.38. The molecule has 0 unspecified atom stereocenters. The number of rotatable bonds is 6. The second-order valence-corrected chi connectivity index (χ2v) is 10.2. The number of esters is 1. The lowest BCUT2D eigenvalue weighted by Crippen LogP contribution is -2.54. The lowest BCUT2D eigenvalue weighted by molar-refractivity contribution is -0.148. The van der Waals surface area contributed by atoms with Crippen molar-refractivity contribution < 1.29 is 23.9 Å². The standard InChI is InChI=1S/C28H30N2O5/c1-27(2,3)25-30(22(31)19-13-7-5-8-14-19)28(4,26(34)35-25)17-11-6-12-18-29-23(32)20-15-9-10-16-21(20)24(29)33/h5-11,13-16,25H,12,17-18H2,1-4H3/t25-,28+/m0/s1. The monoisotopic (exact) mass is 474 g/mol. The summed E-state index contributed by atoms with van der Waals surface area (Å²) in [5.74, 6) is -1.30. The molecule has 2 aliphatic rings. The minimum absolute atomic E-state index is 0.237. The molecule has 7 heteroatoms. The molecule has 4 rings (SSSR count). The zero-order chi connectivity index (χ0) is 25.4. The van der Waals surface area contributed by atoms with E-state index in [4.69, 9.17) is 4.74 Å². The van der Waals surface area contributed by atoms with Gasteiger partial charge in [-0.15, -0.1) is 0 Å². The van der Waals surface area contributed by atoms with E-state index in [1.54, 1.807) is 60.4 Å². The van der Waals surface area contributed by atoms with E-state index >= 15 is 0 Å². The van der Waals surface area contributed by atoms with E-state index in [9.17, 15) is 19.2 Å². The van der Waals surface area contributed by atoms with Crippen molar-refractivity contribution in [2.45, 2.75) is 52.3 Å². The maximum Gasteiger partial charge on any atom is 0.334 e. The lowest BCUT2D eigenvalue weighted by atomic mass is 9.89. The predicted molar refractivity (Wildman–Crippen MR) is 131 cm³/mol. The van der Waals surface area contributed by atoms with Crippen molar-refractivity contribution in [3.8, 4) is 0 Å². The van der Waals surface area contributed by atoms with Crippen LogP contribution in [0.2, 0.25) is 0 Å². The SMILES string of the molecule is CC(C)(C)[C@@H]1OC(=O)[C@@](C)(CC=CCCN2C(=O)c3ccccc3C2=O)N1C(=O)c1ccccc1. The second-order valence-electron chi connectivity index (χ2n) is 10.2. The van der Waals surface area contributed by atoms with E-state index in [1.165, 1.54) is 4.90 Å². The maximum absolute atomic E-state index is 13.5. The first-order valence-electron chi connectivity index (χ1n) is 11.8. The van der Waals surface area contributed by atoms with Crippen LogP contribution in [-0.2, 0) is 9.53 Å². The first kappa shape index (κ1) is 24.4. The van der Waals surface area contributed by atoms with Gasteiger partial charge in [0, 0.05) is 17.5 Å². The summed E-state index contributed by atoms with van der Waals surface area (Å²) < 4.78 is 5.73. The van der Waals surface area contributed by atoms with Gasteiger partial charge in [-0.1, -0.05) is 63.3 Å². The van der Waals surface area contributed by atoms with Crippen LogP contribution in [0.3, 0.4) is 0 Å². The summed E-state index contributed by atoms with van der Waals surface area (Å²) in [5, 5.41) is 0. The maximum atomic E-state index is 13.5. The van der Waals surface area contributed by atoms with Crippen LogP contribution in [0.1, 0.15) is 71.6 Å². The molecule has 2 heterocycles. The van der Waals surface area contributed by atoms with E-state index in [2.05, 4.69) is 0 Å². The van der Waals surface area contributed by atoms with Gasteiger partial charge in [-0.05, 0) is 44.0 Å². The molecule has 182 valence electrons. The van der Waals surface area contributed by atoms with Crippen molar-refractivity contribution in [1.82, 2.24) is 9.80 Å². The minimum atomic E-state index is -1.18. The first-order valence-corrected chi connectivity index (χ1v) is 11.8. The van der Waals surface area contributed by atoms with Crippen molar-refractivity contribution in [3.05, 3.63) is 83.4 Å². The molecule has 2 aromatic carbocycles. The van der Waals surface area contributed by atoms with Gasteiger partial charge < -0.3 is 4.74 Å². The average Bonchev–Trinajstić information content (AvgIpc) is 3.24. The average molecular weight is 475 g/mol. The number of hydrogen-bond donors (Lipinski definition) is 0. The molecule has 3 amide bonds. The number of hydrogen-bond acceptors (Lipinski definition) is 5. The Bertz CT molecular complexity index is 1160. The van der Waals surface area contributed by atoms with Gasteiger partial charge in [0.05, 0.1) is 11.1 Å². The van der Waals surface area contributed by atoms with E-state index in [-0.39, 0.29) is 30.7 Å². The smallest absolute Gasteiger partial charge is 0.334 e. The van der Waals surface area contributed by atoms with Crippen molar-refractivity contribution in [1.29, 1.82) is 0 Å². The van der Waals surface area contributed by atoms with Crippen LogP contribution in [0, 0.1) is 5.41 Å². The molecule has 2 aromatic rings. The van der Waals surface area contributed by atoms with Gasteiger partial charge in [0.1, 0.15) is 5.54 Å². The van der Waals surface area contributed by atoms with Gasteiger partial charge in [0.25, 0.3) is 17.7 Å². The summed E-state index contributed by atoms with van der Waals surface area (Å²) >= 11 is 0. The number of benzene rings is 2. The molecule has 2 atom stereocenters. The fourth-order valence-electron chi connectivity index (χ4n) is 4.51. The Morgan fingerprint density at radius 3 is 2.09 bits per heavy atom. The Morgan fingerprint density at radius 2 is 1.51 bits per heavy atom. The number of carbonyl (C=O) groups is 4. The largest absolute Gasteiger partial charge is 0.439 e. The highest BCUT2D eigenvalue weighted by atomic mass is 16.6. The number of carbonyl (C=O) groups excluding carboxylic acids is 4. The molecule has 35 heavy (non-hydrogen) atoms. The van der Waals surface area contributed by atoms with Crippen LogP contribution in [0.4, 0.5) is 0 Å². The zero-order valence-corrected chi connectivity index (χ0v) is 20.5. The van der Waals surface area contributed by atoms with E-state index in [0.29, 0.717) is 23.1 Å². The number of cyclic esters (lactones) is 1. The quantitative estimate of drug-likeness (QED) is 0.351. The molecule has 0 aromatic heterocycles. The number of imide groups is 1. The topological polar surface area (TPSA) is 84.0 Å². The molecule has 1 saturated heterocycles. The van der Waals surface area contributed by atoms with E-state index in [0.717, 1.165) is 0 Å². The number of nitrogens with zero attached hydrogens (tertiary/aromatic N) is 2. The molecule has 0 saturated carbocycles. The Hall–Kier alpha value is -3.74. The third-order valence-electron chi connectivity index (χ3n) is 6.48. The summed E-state index contributed by atoms with van der Waals surface area (Å²) in [5.41, 5.74) is -0.331. The number of ether oxygens (including phenoxy) is 1. The van der Waals surface area contributed by atoms with E-state index in [1.807, 2.05) is 39.0 Å². The highest BCUT2D eigenvalue weighted by molar-refractivity contribution is 6.21. The Morgan fingerprint density at radius 1 is 0.943 bits per heavy atom. The fraction of sp³-hybridized carbons (Fsp3) is 0.357. The third-order valence-corrected chi connectivity index (χ3v) is 6.48. The molecule has 2 aliphatic heterocycles. The molecule has 0 bridgehead atoms.